The number of rotatable bonds is 39. The van der Waals surface area contributed by atoms with Crippen LogP contribution in [0.5, 0.6) is 0 Å². The van der Waals surface area contributed by atoms with Crippen LogP contribution in [0.2, 0.25) is 0 Å². The van der Waals surface area contributed by atoms with Crippen molar-refractivity contribution in [3.8, 4) is 0 Å². The van der Waals surface area contributed by atoms with Crippen molar-refractivity contribution in [3.05, 3.63) is 109 Å². The molecule has 0 aliphatic heterocycles. The van der Waals surface area contributed by atoms with Gasteiger partial charge >= 0.3 is 11.9 Å². The lowest BCUT2D eigenvalue weighted by Gasteiger charge is -2.18. The van der Waals surface area contributed by atoms with Crippen molar-refractivity contribution in [2.75, 3.05) is 19.8 Å². The number of hydrogen-bond acceptors (Lipinski definition) is 5. The van der Waals surface area contributed by atoms with E-state index in [0.29, 0.717) is 19.4 Å². The second kappa shape index (κ2) is 45.9. The zero-order valence-electron chi connectivity index (χ0n) is 36.1. The Kier molecular flexibility index (Phi) is 43.1. The van der Waals surface area contributed by atoms with Gasteiger partial charge in [-0.2, -0.15) is 0 Å². The lowest BCUT2D eigenvalue weighted by atomic mass is 10.1. The molecule has 0 aromatic rings. The van der Waals surface area contributed by atoms with E-state index in [9.17, 15) is 9.59 Å². The van der Waals surface area contributed by atoms with Crippen LogP contribution in [0.4, 0.5) is 0 Å². The van der Waals surface area contributed by atoms with Gasteiger partial charge in [-0.05, 0) is 103 Å². The van der Waals surface area contributed by atoms with Gasteiger partial charge in [-0.3, -0.25) is 9.59 Å². The van der Waals surface area contributed by atoms with Gasteiger partial charge in [0.1, 0.15) is 6.61 Å². The highest BCUT2D eigenvalue weighted by Crippen LogP contribution is 2.10. The predicted octanol–water partition coefficient (Wildman–Crippen LogP) is 14.9. The first kappa shape index (κ1) is 52.6. The van der Waals surface area contributed by atoms with Gasteiger partial charge in [0.2, 0.25) is 0 Å². The molecule has 0 aliphatic carbocycles. The van der Waals surface area contributed by atoms with Gasteiger partial charge in [-0.25, -0.2) is 0 Å². The molecular weight excluding hydrogens is 693 g/mol. The third-order valence-corrected chi connectivity index (χ3v) is 8.80. The number of unbranched alkanes of at least 4 members (excludes halogenated alkanes) is 10. The van der Waals surface area contributed by atoms with Gasteiger partial charge in [0, 0.05) is 19.4 Å². The second-order valence-corrected chi connectivity index (χ2v) is 14.2. The zero-order valence-corrected chi connectivity index (χ0v) is 36.1. The summed E-state index contributed by atoms with van der Waals surface area (Å²) in [7, 11) is 0. The number of hydrogen-bond donors (Lipinski definition) is 0. The first-order valence-electron chi connectivity index (χ1n) is 22.4. The van der Waals surface area contributed by atoms with Crippen molar-refractivity contribution in [2.45, 2.75) is 181 Å². The molecule has 0 spiro atoms. The van der Waals surface area contributed by atoms with E-state index in [0.717, 1.165) is 128 Å². The highest BCUT2D eigenvalue weighted by molar-refractivity contribution is 5.70. The maximum absolute atomic E-state index is 12.5. The molecule has 316 valence electrons. The fraction of sp³-hybridized carbons (Fsp3) is 0.608. The van der Waals surface area contributed by atoms with E-state index < -0.39 is 6.10 Å². The van der Waals surface area contributed by atoms with Crippen LogP contribution in [0.3, 0.4) is 0 Å². The molecule has 0 N–H and O–H groups in total. The first-order chi connectivity index (χ1) is 27.6. The van der Waals surface area contributed by atoms with Crippen LogP contribution >= 0.6 is 0 Å². The highest BCUT2D eigenvalue weighted by atomic mass is 16.6. The molecule has 0 bridgehead atoms. The van der Waals surface area contributed by atoms with Crippen molar-refractivity contribution in [3.63, 3.8) is 0 Å². The quantitative estimate of drug-likeness (QED) is 0.0354. The summed E-state index contributed by atoms with van der Waals surface area (Å²) in [5.74, 6) is -0.476. The summed E-state index contributed by atoms with van der Waals surface area (Å²) in [5.41, 5.74) is 0. The summed E-state index contributed by atoms with van der Waals surface area (Å²) in [6.45, 7) is 7.39. The van der Waals surface area contributed by atoms with Gasteiger partial charge in [-0.1, -0.05) is 169 Å². The third-order valence-electron chi connectivity index (χ3n) is 8.80. The van der Waals surface area contributed by atoms with E-state index in [1.807, 2.05) is 0 Å². The van der Waals surface area contributed by atoms with E-state index >= 15 is 0 Å². The summed E-state index contributed by atoms with van der Waals surface area (Å²) in [6, 6.07) is 0. The standard InChI is InChI=1S/C51H82O5/c1-4-7-10-13-15-17-19-21-23-25-26-27-28-30-32-34-36-39-41-44-50(52)55-48-49(56-51(53)45-42-38-12-9-6-3)47-54-46-43-40-37-35-33-31-29-24-22-20-18-16-14-11-8-5-2/h7-8,10-11,15-18,21-24,26-27,30-33,49H,4-6,9,12-14,19-20,25,28-29,34-48H2,1-3H3/b10-7-,11-8-,17-15-,18-16-,23-21-,24-22-,27-26-,32-30-,33-31-. The zero-order chi connectivity index (χ0) is 40.7. The van der Waals surface area contributed by atoms with Gasteiger partial charge < -0.3 is 14.2 Å². The lowest BCUT2D eigenvalue weighted by molar-refractivity contribution is -0.163. The lowest BCUT2D eigenvalue weighted by Crippen LogP contribution is -2.30. The van der Waals surface area contributed by atoms with Crippen LogP contribution < -0.4 is 0 Å². The van der Waals surface area contributed by atoms with Crippen LogP contribution in [0.1, 0.15) is 175 Å². The Hall–Kier alpha value is -3.44. The molecule has 0 aromatic carbocycles. The minimum atomic E-state index is -0.568. The Balaban J connectivity index is 4.21. The average Bonchev–Trinajstić information content (AvgIpc) is 3.20. The van der Waals surface area contributed by atoms with E-state index in [4.69, 9.17) is 14.2 Å². The number of allylic oxidation sites excluding steroid dienone is 18. The van der Waals surface area contributed by atoms with E-state index in [-0.39, 0.29) is 25.2 Å². The second-order valence-electron chi connectivity index (χ2n) is 14.2. The summed E-state index contributed by atoms with van der Waals surface area (Å²) in [4.78, 5) is 25.0. The van der Waals surface area contributed by atoms with E-state index in [1.54, 1.807) is 0 Å². The Morgan fingerprint density at radius 2 is 0.804 bits per heavy atom. The first-order valence-corrected chi connectivity index (χ1v) is 22.4. The van der Waals surface area contributed by atoms with Crippen LogP contribution in [0.15, 0.2) is 109 Å². The van der Waals surface area contributed by atoms with Crippen molar-refractivity contribution in [1.29, 1.82) is 0 Å². The minimum Gasteiger partial charge on any atom is -0.462 e. The third kappa shape index (κ3) is 43.3. The molecule has 0 amide bonds. The van der Waals surface area contributed by atoms with Gasteiger partial charge in [0.25, 0.3) is 0 Å². The summed E-state index contributed by atoms with van der Waals surface area (Å²) in [6.07, 6.45) is 62.6. The van der Waals surface area contributed by atoms with Gasteiger partial charge in [0.05, 0.1) is 6.61 Å². The SMILES string of the molecule is CC/C=C\C/C=C\C/C=C\C/C=C\C/C=C\CCCCCC(=O)OCC(COCCCCC/C=C\C/C=C\C/C=C\C/C=C\CC)OC(=O)CCCCCCC. The van der Waals surface area contributed by atoms with Gasteiger partial charge in [-0.15, -0.1) is 0 Å². The predicted molar refractivity (Wildman–Crippen MR) is 242 cm³/mol. The molecule has 0 aliphatic rings. The molecule has 0 saturated carbocycles. The molecule has 0 heterocycles. The average molecular weight is 775 g/mol. The van der Waals surface area contributed by atoms with E-state index in [2.05, 4.69) is 130 Å². The number of ether oxygens (including phenoxy) is 3. The maximum Gasteiger partial charge on any atom is 0.306 e. The molecule has 1 unspecified atom stereocenters. The molecule has 0 aromatic heterocycles. The summed E-state index contributed by atoms with van der Waals surface area (Å²) in [5, 5.41) is 0. The smallest absolute Gasteiger partial charge is 0.306 e. The van der Waals surface area contributed by atoms with Crippen molar-refractivity contribution in [1.82, 2.24) is 0 Å². The van der Waals surface area contributed by atoms with Crippen molar-refractivity contribution in [2.24, 2.45) is 0 Å². The molecule has 0 radical (unpaired) electrons. The summed E-state index contributed by atoms with van der Waals surface area (Å²) < 4.78 is 17.1. The molecule has 5 nitrogen and oxygen atoms in total. The van der Waals surface area contributed by atoms with Crippen molar-refractivity contribution < 1.29 is 23.8 Å². The largest absolute Gasteiger partial charge is 0.462 e. The fourth-order valence-electron chi connectivity index (χ4n) is 5.52. The Labute approximate surface area is 344 Å². The number of carbonyl (C=O) groups is 2. The van der Waals surface area contributed by atoms with Gasteiger partial charge in [0.15, 0.2) is 6.10 Å². The normalized spacial score (nSPS) is 13.3. The van der Waals surface area contributed by atoms with Crippen LogP contribution in [-0.2, 0) is 23.8 Å². The monoisotopic (exact) mass is 775 g/mol. The van der Waals surface area contributed by atoms with Crippen LogP contribution in [0, 0.1) is 0 Å². The fourth-order valence-corrected chi connectivity index (χ4v) is 5.52. The molecule has 1 atom stereocenters. The van der Waals surface area contributed by atoms with Crippen LogP contribution in [0.25, 0.3) is 0 Å². The highest BCUT2D eigenvalue weighted by Gasteiger charge is 2.17. The van der Waals surface area contributed by atoms with E-state index in [1.165, 1.54) is 12.8 Å². The minimum absolute atomic E-state index is 0.0479. The van der Waals surface area contributed by atoms with Crippen LogP contribution in [-0.4, -0.2) is 37.9 Å². The molecule has 0 rings (SSSR count). The molecular formula is C51H82O5. The Bertz CT molecular complexity index is 1150. The molecule has 5 heteroatoms. The Morgan fingerprint density at radius 1 is 0.411 bits per heavy atom. The van der Waals surface area contributed by atoms with Crippen molar-refractivity contribution >= 4 is 11.9 Å². The number of esters is 2. The molecule has 0 saturated heterocycles. The summed E-state index contributed by atoms with van der Waals surface area (Å²) >= 11 is 0. The number of carbonyl (C=O) groups excluding carboxylic acids is 2. The maximum atomic E-state index is 12.5. The molecule has 0 fully saturated rings. The molecule has 56 heavy (non-hydrogen) atoms. The Morgan fingerprint density at radius 3 is 1.27 bits per heavy atom. The topological polar surface area (TPSA) is 61.8 Å².